The summed E-state index contributed by atoms with van der Waals surface area (Å²) in [5, 5.41) is 15.2. The molecule has 1 saturated heterocycles. The summed E-state index contributed by atoms with van der Waals surface area (Å²) < 4.78 is 1.30. The maximum Gasteiger partial charge on any atom is 0.296 e. The highest BCUT2D eigenvalue weighted by atomic mass is 16.3. The molecule has 4 rings (SSSR count). The molecule has 1 fully saturated rings. The van der Waals surface area contributed by atoms with Crippen LogP contribution in [0, 0.1) is 0 Å². The molecule has 2 aromatic carbocycles. The van der Waals surface area contributed by atoms with E-state index in [-0.39, 0.29) is 22.9 Å². The molecule has 0 spiro atoms. The van der Waals surface area contributed by atoms with Crippen LogP contribution in [0.15, 0.2) is 53.3 Å². The van der Waals surface area contributed by atoms with Crippen LogP contribution in [0.3, 0.4) is 0 Å². The van der Waals surface area contributed by atoms with Gasteiger partial charge in [0.1, 0.15) is 17.1 Å². The summed E-state index contributed by atoms with van der Waals surface area (Å²) in [7, 11) is 0. The van der Waals surface area contributed by atoms with Crippen LogP contribution in [-0.4, -0.2) is 28.0 Å². The molecule has 0 unspecified atom stereocenters. The van der Waals surface area contributed by atoms with Crippen molar-refractivity contribution in [3.63, 3.8) is 0 Å². The molecule has 1 aliphatic rings. The van der Waals surface area contributed by atoms with E-state index in [1.807, 2.05) is 50.2 Å². The number of anilines is 2. The van der Waals surface area contributed by atoms with Crippen molar-refractivity contribution in [1.29, 1.82) is 0 Å². The highest BCUT2D eigenvalue weighted by Gasteiger charge is 2.24. The largest absolute Gasteiger partial charge is 0.508 e. The molecular formula is C24H28N4O2. The lowest BCUT2D eigenvalue weighted by molar-refractivity contribution is 0.464. The highest BCUT2D eigenvalue weighted by Crippen LogP contribution is 2.35. The van der Waals surface area contributed by atoms with Gasteiger partial charge in [-0.15, -0.1) is 0 Å². The minimum absolute atomic E-state index is 0.149. The zero-order chi connectivity index (χ0) is 21.3. The maximum atomic E-state index is 13.2. The molecule has 30 heavy (non-hydrogen) atoms. The van der Waals surface area contributed by atoms with Crippen molar-refractivity contribution in [2.24, 2.45) is 0 Å². The highest BCUT2D eigenvalue weighted by molar-refractivity contribution is 5.83. The number of hydrogen-bond acceptors (Lipinski definition) is 5. The standard InChI is InChI=1S/C24H28N4O2/c1-16(2)19-12-11-18(15-20(19)29)28-24(30)21(25)23(27-13-7-4-8-14-27)22(26-28)17-9-5-3-6-10-17/h3,5-6,9-12,15-16,29H,4,7-8,13-14,25H2,1-2H3. The van der Waals surface area contributed by atoms with Crippen LogP contribution in [0.25, 0.3) is 16.9 Å². The van der Waals surface area contributed by atoms with Gasteiger partial charge in [-0.2, -0.15) is 9.78 Å². The zero-order valence-electron chi connectivity index (χ0n) is 17.5. The third kappa shape index (κ3) is 3.65. The summed E-state index contributed by atoms with van der Waals surface area (Å²) in [5.41, 5.74) is 9.88. The zero-order valence-corrected chi connectivity index (χ0v) is 17.5. The van der Waals surface area contributed by atoms with Crippen molar-refractivity contribution in [2.75, 3.05) is 23.7 Å². The number of hydrogen-bond donors (Lipinski definition) is 2. The van der Waals surface area contributed by atoms with Crippen LogP contribution in [0.5, 0.6) is 5.75 Å². The Bertz CT molecular complexity index is 1100. The van der Waals surface area contributed by atoms with Crippen LogP contribution in [0.2, 0.25) is 0 Å². The monoisotopic (exact) mass is 404 g/mol. The third-order valence-electron chi connectivity index (χ3n) is 5.70. The first-order valence-corrected chi connectivity index (χ1v) is 10.5. The van der Waals surface area contributed by atoms with Gasteiger partial charge in [-0.05, 0) is 36.8 Å². The molecule has 6 nitrogen and oxygen atoms in total. The molecule has 0 radical (unpaired) electrons. The van der Waals surface area contributed by atoms with E-state index in [0.29, 0.717) is 17.1 Å². The van der Waals surface area contributed by atoms with Crippen molar-refractivity contribution in [1.82, 2.24) is 9.78 Å². The molecule has 3 N–H and O–H groups in total. The Morgan fingerprint density at radius 1 is 1.03 bits per heavy atom. The number of rotatable bonds is 4. The van der Waals surface area contributed by atoms with Crippen LogP contribution in [0.4, 0.5) is 11.4 Å². The van der Waals surface area contributed by atoms with E-state index in [1.165, 1.54) is 11.1 Å². The number of nitrogens with zero attached hydrogens (tertiary/aromatic N) is 3. The summed E-state index contributed by atoms with van der Waals surface area (Å²) in [4.78, 5) is 15.4. The Balaban J connectivity index is 1.92. The van der Waals surface area contributed by atoms with Gasteiger partial charge < -0.3 is 15.7 Å². The van der Waals surface area contributed by atoms with Crippen molar-refractivity contribution < 1.29 is 5.11 Å². The first-order chi connectivity index (χ1) is 14.5. The van der Waals surface area contributed by atoms with Crippen LogP contribution < -0.4 is 16.2 Å². The summed E-state index contributed by atoms with van der Waals surface area (Å²) in [6.07, 6.45) is 3.33. The number of benzene rings is 2. The third-order valence-corrected chi connectivity index (χ3v) is 5.70. The minimum Gasteiger partial charge on any atom is -0.508 e. The molecule has 3 aromatic rings. The number of piperidine rings is 1. The number of aromatic hydroxyl groups is 1. The van der Waals surface area contributed by atoms with Gasteiger partial charge in [-0.3, -0.25) is 4.79 Å². The lowest BCUT2D eigenvalue weighted by atomic mass is 10.0. The van der Waals surface area contributed by atoms with Crippen molar-refractivity contribution in [3.8, 4) is 22.7 Å². The van der Waals surface area contributed by atoms with E-state index in [9.17, 15) is 9.90 Å². The normalized spacial score (nSPS) is 14.3. The SMILES string of the molecule is CC(C)c1ccc(-n2nc(-c3ccccc3)c(N3CCCCC3)c(N)c2=O)cc1O. The number of nitrogen functional groups attached to an aromatic ring is 1. The molecule has 156 valence electrons. The molecule has 0 bridgehead atoms. The van der Waals surface area contributed by atoms with E-state index in [1.54, 1.807) is 12.1 Å². The molecule has 0 atom stereocenters. The lowest BCUT2D eigenvalue weighted by Gasteiger charge is -2.31. The average molecular weight is 405 g/mol. The first kappa shape index (κ1) is 20.0. The fourth-order valence-corrected chi connectivity index (χ4v) is 4.09. The second-order valence-electron chi connectivity index (χ2n) is 8.14. The summed E-state index contributed by atoms with van der Waals surface area (Å²) in [6, 6.07) is 15.0. The van der Waals surface area contributed by atoms with Crippen LogP contribution in [0.1, 0.15) is 44.6 Å². The van der Waals surface area contributed by atoms with E-state index < -0.39 is 0 Å². The maximum absolute atomic E-state index is 13.2. The second-order valence-corrected chi connectivity index (χ2v) is 8.14. The Labute approximate surface area is 176 Å². The molecule has 0 amide bonds. The van der Waals surface area contributed by atoms with Gasteiger partial charge in [0.2, 0.25) is 0 Å². The first-order valence-electron chi connectivity index (χ1n) is 10.5. The number of phenols is 1. The van der Waals surface area contributed by atoms with Gasteiger partial charge >= 0.3 is 0 Å². The van der Waals surface area contributed by atoms with Gasteiger partial charge in [-0.1, -0.05) is 50.2 Å². The van der Waals surface area contributed by atoms with Gasteiger partial charge in [0, 0.05) is 24.7 Å². The average Bonchev–Trinajstić information content (AvgIpc) is 2.76. The molecule has 1 aromatic heterocycles. The lowest BCUT2D eigenvalue weighted by Crippen LogP contribution is -2.35. The predicted octanol–water partition coefficient (Wildman–Crippen LogP) is 4.30. The molecular weight excluding hydrogens is 376 g/mol. The molecule has 6 heteroatoms. The fourth-order valence-electron chi connectivity index (χ4n) is 4.09. The molecule has 1 aliphatic heterocycles. The Morgan fingerprint density at radius 3 is 2.37 bits per heavy atom. The van der Waals surface area contributed by atoms with Gasteiger partial charge in [0.05, 0.1) is 11.4 Å². The Kier molecular flexibility index (Phi) is 5.48. The summed E-state index contributed by atoms with van der Waals surface area (Å²) in [5.74, 6) is 0.325. The quantitative estimate of drug-likeness (QED) is 0.677. The smallest absolute Gasteiger partial charge is 0.296 e. The molecule has 2 heterocycles. The summed E-state index contributed by atoms with van der Waals surface area (Å²) in [6.45, 7) is 5.74. The molecule has 0 aliphatic carbocycles. The van der Waals surface area contributed by atoms with Gasteiger partial charge in [-0.25, -0.2) is 0 Å². The topological polar surface area (TPSA) is 84.4 Å². The van der Waals surface area contributed by atoms with Crippen molar-refractivity contribution in [3.05, 3.63) is 64.4 Å². The van der Waals surface area contributed by atoms with Crippen molar-refractivity contribution in [2.45, 2.75) is 39.0 Å². The Hall–Kier alpha value is -3.28. The van der Waals surface area contributed by atoms with E-state index in [4.69, 9.17) is 10.8 Å². The fraction of sp³-hybridized carbons (Fsp3) is 0.333. The number of phenolic OH excluding ortho intramolecular Hbond substituents is 1. The minimum atomic E-state index is -0.369. The van der Waals surface area contributed by atoms with Gasteiger partial charge in [0.25, 0.3) is 5.56 Å². The number of nitrogens with two attached hydrogens (primary N) is 1. The van der Waals surface area contributed by atoms with Crippen LogP contribution in [-0.2, 0) is 0 Å². The number of aromatic nitrogens is 2. The summed E-state index contributed by atoms with van der Waals surface area (Å²) >= 11 is 0. The van der Waals surface area contributed by atoms with E-state index >= 15 is 0 Å². The van der Waals surface area contributed by atoms with Crippen LogP contribution >= 0.6 is 0 Å². The van der Waals surface area contributed by atoms with E-state index in [0.717, 1.165) is 37.1 Å². The Morgan fingerprint density at radius 2 is 1.73 bits per heavy atom. The molecule has 0 saturated carbocycles. The second kappa shape index (κ2) is 8.22. The van der Waals surface area contributed by atoms with Crippen molar-refractivity contribution >= 4 is 11.4 Å². The predicted molar refractivity (Wildman–Crippen MR) is 122 cm³/mol. The van der Waals surface area contributed by atoms with Gasteiger partial charge in [0.15, 0.2) is 0 Å². The van der Waals surface area contributed by atoms with E-state index in [2.05, 4.69) is 4.90 Å².